The fourth-order valence-corrected chi connectivity index (χ4v) is 2.16. The lowest BCUT2D eigenvalue weighted by Gasteiger charge is -2.19. The van der Waals surface area contributed by atoms with Crippen molar-refractivity contribution in [1.29, 1.82) is 0 Å². The number of carbonyl (C=O) groups is 1. The molecular formula is C14H24IN3O2. The molecule has 0 unspecified atom stereocenters. The topological polar surface area (TPSA) is 56.1 Å². The Kier molecular flexibility index (Phi) is 7.32. The van der Waals surface area contributed by atoms with Gasteiger partial charge in [0.05, 0.1) is 9.77 Å². The monoisotopic (exact) mass is 393 g/mol. The van der Waals surface area contributed by atoms with Gasteiger partial charge in [-0.2, -0.15) is 5.10 Å². The highest BCUT2D eigenvalue weighted by atomic mass is 127. The number of carbonyl (C=O) groups excluding carboxylic acids is 1. The summed E-state index contributed by atoms with van der Waals surface area (Å²) < 4.78 is 8.31. The van der Waals surface area contributed by atoms with E-state index in [1.807, 2.05) is 37.8 Å². The number of unbranched alkanes of at least 4 members (excludes halogenated alkanes) is 3. The van der Waals surface area contributed by atoms with Gasteiger partial charge in [-0.05, 0) is 56.2 Å². The Labute approximate surface area is 134 Å². The Balaban J connectivity index is 1.96. The van der Waals surface area contributed by atoms with Crippen LogP contribution in [0.5, 0.6) is 0 Å². The van der Waals surface area contributed by atoms with Crippen LogP contribution in [0.25, 0.3) is 0 Å². The first-order valence-electron chi connectivity index (χ1n) is 7.01. The highest BCUT2D eigenvalue weighted by Crippen LogP contribution is 2.07. The highest BCUT2D eigenvalue weighted by molar-refractivity contribution is 14.1. The number of hydrogen-bond donors (Lipinski definition) is 1. The zero-order valence-electron chi connectivity index (χ0n) is 12.5. The van der Waals surface area contributed by atoms with E-state index >= 15 is 0 Å². The molecule has 1 aromatic heterocycles. The molecule has 1 rings (SSSR count). The summed E-state index contributed by atoms with van der Waals surface area (Å²) in [7, 11) is 0. The maximum Gasteiger partial charge on any atom is 0.407 e. The van der Waals surface area contributed by atoms with E-state index in [1.165, 1.54) is 3.57 Å². The molecule has 0 fully saturated rings. The number of nitrogens with zero attached hydrogens (tertiary/aromatic N) is 2. The molecule has 0 atom stereocenters. The first kappa shape index (κ1) is 17.3. The summed E-state index contributed by atoms with van der Waals surface area (Å²) in [5.41, 5.74) is -0.425. The Morgan fingerprint density at radius 2 is 2.05 bits per heavy atom. The van der Waals surface area contributed by atoms with Crippen molar-refractivity contribution in [3.8, 4) is 0 Å². The van der Waals surface area contributed by atoms with E-state index in [2.05, 4.69) is 33.0 Å². The van der Waals surface area contributed by atoms with Gasteiger partial charge in [0.25, 0.3) is 0 Å². The number of amides is 1. The van der Waals surface area contributed by atoms with Crippen LogP contribution in [0, 0.1) is 3.57 Å². The first-order valence-corrected chi connectivity index (χ1v) is 8.09. The lowest BCUT2D eigenvalue weighted by Crippen LogP contribution is -2.32. The maximum absolute atomic E-state index is 11.4. The summed E-state index contributed by atoms with van der Waals surface area (Å²) in [6, 6.07) is 0. The van der Waals surface area contributed by atoms with Crippen LogP contribution in [-0.4, -0.2) is 28.0 Å². The minimum absolute atomic E-state index is 0.330. The quantitative estimate of drug-likeness (QED) is 0.569. The van der Waals surface area contributed by atoms with E-state index in [0.29, 0.717) is 6.54 Å². The number of aryl methyl sites for hydroxylation is 1. The van der Waals surface area contributed by atoms with Crippen molar-refractivity contribution in [2.75, 3.05) is 6.54 Å². The molecule has 0 radical (unpaired) electrons. The molecule has 0 aliphatic heterocycles. The standard InChI is InChI=1S/C14H24IN3O2/c1-14(2,3)20-13(19)16-8-6-4-5-7-9-18-11-12(15)10-17-18/h10-11H,4-9H2,1-3H3,(H,16,19). The molecule has 0 bridgehead atoms. The number of aromatic nitrogens is 2. The predicted molar refractivity (Wildman–Crippen MR) is 87.6 cm³/mol. The number of halogens is 1. The minimum Gasteiger partial charge on any atom is -0.444 e. The van der Waals surface area contributed by atoms with Gasteiger partial charge < -0.3 is 10.1 Å². The third kappa shape index (κ3) is 8.39. The maximum atomic E-state index is 11.4. The molecule has 0 saturated heterocycles. The van der Waals surface area contributed by atoms with Crippen LogP contribution in [0.2, 0.25) is 0 Å². The van der Waals surface area contributed by atoms with Crippen LogP contribution in [0.1, 0.15) is 46.5 Å². The van der Waals surface area contributed by atoms with Gasteiger partial charge in [-0.15, -0.1) is 0 Å². The molecule has 1 N–H and O–H groups in total. The van der Waals surface area contributed by atoms with Crippen LogP contribution in [0.15, 0.2) is 12.4 Å². The Bertz CT molecular complexity index is 413. The summed E-state index contributed by atoms with van der Waals surface area (Å²) in [6.45, 7) is 7.23. The van der Waals surface area contributed by atoms with Crippen LogP contribution >= 0.6 is 22.6 Å². The zero-order chi connectivity index (χ0) is 15.0. The largest absolute Gasteiger partial charge is 0.444 e. The Morgan fingerprint density at radius 1 is 1.35 bits per heavy atom. The molecule has 0 aliphatic carbocycles. The summed E-state index contributed by atoms with van der Waals surface area (Å²) in [4.78, 5) is 11.4. The third-order valence-electron chi connectivity index (χ3n) is 2.58. The molecule has 114 valence electrons. The Hall–Kier alpha value is -0.790. The summed E-state index contributed by atoms with van der Waals surface area (Å²) >= 11 is 2.26. The number of hydrogen-bond acceptors (Lipinski definition) is 3. The molecule has 1 amide bonds. The molecule has 5 nitrogen and oxygen atoms in total. The van der Waals surface area contributed by atoms with Crippen LogP contribution in [-0.2, 0) is 11.3 Å². The van der Waals surface area contributed by atoms with E-state index in [9.17, 15) is 4.79 Å². The summed E-state index contributed by atoms with van der Waals surface area (Å²) in [6.07, 6.45) is 7.93. The normalized spacial score (nSPS) is 11.4. The van der Waals surface area contributed by atoms with Gasteiger partial charge in [0, 0.05) is 19.3 Å². The van der Waals surface area contributed by atoms with Gasteiger partial charge in [-0.1, -0.05) is 12.8 Å². The van der Waals surface area contributed by atoms with E-state index in [0.717, 1.165) is 32.2 Å². The molecular weight excluding hydrogens is 369 g/mol. The molecule has 0 saturated carbocycles. The van der Waals surface area contributed by atoms with E-state index in [4.69, 9.17) is 4.74 Å². The first-order chi connectivity index (χ1) is 9.37. The van der Waals surface area contributed by atoms with Crippen molar-refractivity contribution in [3.63, 3.8) is 0 Å². The summed E-state index contributed by atoms with van der Waals surface area (Å²) in [5.74, 6) is 0. The molecule has 1 heterocycles. The van der Waals surface area contributed by atoms with Gasteiger partial charge in [0.2, 0.25) is 0 Å². The number of rotatable bonds is 7. The second-order valence-electron chi connectivity index (χ2n) is 5.76. The van der Waals surface area contributed by atoms with Crippen LogP contribution in [0.3, 0.4) is 0 Å². The van der Waals surface area contributed by atoms with Crippen molar-refractivity contribution >= 4 is 28.7 Å². The van der Waals surface area contributed by atoms with E-state index in [-0.39, 0.29) is 6.09 Å². The van der Waals surface area contributed by atoms with Crippen molar-refractivity contribution in [2.45, 2.75) is 58.6 Å². The Morgan fingerprint density at radius 3 is 2.65 bits per heavy atom. The number of ether oxygens (including phenoxy) is 1. The van der Waals surface area contributed by atoms with Crippen molar-refractivity contribution in [1.82, 2.24) is 15.1 Å². The fourth-order valence-electron chi connectivity index (χ4n) is 1.72. The smallest absolute Gasteiger partial charge is 0.407 e. The molecule has 1 aromatic rings. The average molecular weight is 393 g/mol. The lowest BCUT2D eigenvalue weighted by atomic mass is 10.2. The van der Waals surface area contributed by atoms with Gasteiger partial charge >= 0.3 is 6.09 Å². The minimum atomic E-state index is -0.425. The SMILES string of the molecule is CC(C)(C)OC(=O)NCCCCCCn1cc(I)cn1. The molecule has 0 spiro atoms. The second-order valence-corrected chi connectivity index (χ2v) is 7.01. The molecule has 0 aromatic carbocycles. The van der Waals surface area contributed by atoms with Gasteiger partial charge in [-0.25, -0.2) is 4.79 Å². The molecule has 20 heavy (non-hydrogen) atoms. The third-order valence-corrected chi connectivity index (χ3v) is 3.14. The second kappa shape index (κ2) is 8.49. The van der Waals surface area contributed by atoms with Crippen molar-refractivity contribution in [2.24, 2.45) is 0 Å². The number of nitrogens with one attached hydrogen (secondary N) is 1. The summed E-state index contributed by atoms with van der Waals surface area (Å²) in [5, 5.41) is 7.01. The van der Waals surface area contributed by atoms with E-state index < -0.39 is 5.60 Å². The van der Waals surface area contributed by atoms with Gasteiger partial charge in [-0.3, -0.25) is 4.68 Å². The lowest BCUT2D eigenvalue weighted by molar-refractivity contribution is 0.0527. The molecule has 6 heteroatoms. The van der Waals surface area contributed by atoms with Crippen LogP contribution in [0.4, 0.5) is 4.79 Å². The highest BCUT2D eigenvalue weighted by Gasteiger charge is 2.15. The van der Waals surface area contributed by atoms with Gasteiger partial charge in [0.15, 0.2) is 0 Å². The van der Waals surface area contributed by atoms with Crippen molar-refractivity contribution in [3.05, 3.63) is 16.0 Å². The zero-order valence-corrected chi connectivity index (χ0v) is 14.6. The van der Waals surface area contributed by atoms with Gasteiger partial charge in [0.1, 0.15) is 5.60 Å². The predicted octanol–water partition coefficient (Wildman–Crippen LogP) is 3.57. The van der Waals surface area contributed by atoms with Crippen molar-refractivity contribution < 1.29 is 9.53 Å². The van der Waals surface area contributed by atoms with E-state index in [1.54, 1.807) is 0 Å². The van der Waals surface area contributed by atoms with Crippen LogP contribution < -0.4 is 5.32 Å². The molecule has 0 aliphatic rings. The fraction of sp³-hybridized carbons (Fsp3) is 0.714. The average Bonchev–Trinajstić information content (AvgIpc) is 2.71. The number of alkyl carbamates (subject to hydrolysis) is 1.